The standard InChI is InChI=1S/C18H22N2O2S2/c1-12-15-16(20-18(19-12)23-2)13-8-4-5-9-14(13)24-11-7-3-6-10-22-17(15)21/h4-5,8-9,16H,3,6-7,10-11H2,1-2H3,(H,19,20)/t16-/m0/s1. The van der Waals surface area contributed by atoms with Crippen molar-refractivity contribution in [2.45, 2.75) is 37.1 Å². The molecule has 0 aromatic heterocycles. The van der Waals surface area contributed by atoms with E-state index in [-0.39, 0.29) is 12.0 Å². The topological polar surface area (TPSA) is 50.7 Å². The number of nitrogens with one attached hydrogen (secondary N) is 1. The Balaban J connectivity index is 2.07. The van der Waals surface area contributed by atoms with Crippen molar-refractivity contribution in [2.75, 3.05) is 18.6 Å². The Bertz CT molecular complexity index is 685. The molecule has 4 nitrogen and oxygen atoms in total. The molecule has 1 atom stereocenters. The van der Waals surface area contributed by atoms with Crippen molar-refractivity contribution in [1.29, 1.82) is 0 Å². The Morgan fingerprint density at radius 3 is 2.96 bits per heavy atom. The Morgan fingerprint density at radius 1 is 1.29 bits per heavy atom. The van der Waals surface area contributed by atoms with Crippen LogP contribution in [-0.2, 0) is 9.53 Å². The van der Waals surface area contributed by atoms with Crippen molar-refractivity contribution in [3.05, 3.63) is 41.1 Å². The molecule has 128 valence electrons. The van der Waals surface area contributed by atoms with Gasteiger partial charge in [-0.05, 0) is 49.8 Å². The summed E-state index contributed by atoms with van der Waals surface area (Å²) in [5.41, 5.74) is 2.55. The zero-order valence-electron chi connectivity index (χ0n) is 14.0. The SMILES string of the molecule is CSC1=N[C@@H]2C(=C(C)N1)C(=O)OCCCCCSc1ccccc12. The van der Waals surface area contributed by atoms with Gasteiger partial charge in [0.05, 0.1) is 12.2 Å². The molecular formula is C18H22N2O2S2. The number of carbonyl (C=O) groups excluding carboxylic acids is 1. The van der Waals surface area contributed by atoms with Gasteiger partial charge in [0, 0.05) is 10.6 Å². The quantitative estimate of drug-likeness (QED) is 0.703. The summed E-state index contributed by atoms with van der Waals surface area (Å²) >= 11 is 3.41. The lowest BCUT2D eigenvalue weighted by Gasteiger charge is -2.27. The molecule has 0 unspecified atom stereocenters. The number of fused-ring (bicyclic) bond motifs is 3. The van der Waals surface area contributed by atoms with Crippen molar-refractivity contribution in [3.63, 3.8) is 0 Å². The minimum atomic E-state index is -0.302. The normalized spacial score (nSPS) is 22.2. The van der Waals surface area contributed by atoms with Crippen LogP contribution >= 0.6 is 23.5 Å². The van der Waals surface area contributed by atoms with Gasteiger partial charge in [-0.2, -0.15) is 0 Å². The molecular weight excluding hydrogens is 340 g/mol. The zero-order valence-corrected chi connectivity index (χ0v) is 15.6. The van der Waals surface area contributed by atoms with Crippen molar-refractivity contribution in [1.82, 2.24) is 5.32 Å². The van der Waals surface area contributed by atoms with Crippen LogP contribution in [0.1, 0.15) is 37.8 Å². The van der Waals surface area contributed by atoms with Crippen LogP contribution < -0.4 is 5.32 Å². The molecule has 0 saturated heterocycles. The summed E-state index contributed by atoms with van der Waals surface area (Å²) in [4.78, 5) is 18.7. The zero-order chi connectivity index (χ0) is 16.9. The predicted octanol–water partition coefficient (Wildman–Crippen LogP) is 4.14. The van der Waals surface area contributed by atoms with Crippen LogP contribution in [0.2, 0.25) is 0 Å². The Morgan fingerprint density at radius 2 is 2.12 bits per heavy atom. The highest BCUT2D eigenvalue weighted by molar-refractivity contribution is 8.13. The van der Waals surface area contributed by atoms with Crippen LogP contribution in [0, 0.1) is 0 Å². The van der Waals surface area contributed by atoms with E-state index >= 15 is 0 Å². The second-order valence-corrected chi connectivity index (χ2v) is 7.72. The van der Waals surface area contributed by atoms with Crippen LogP contribution in [0.25, 0.3) is 0 Å². The molecule has 24 heavy (non-hydrogen) atoms. The third-order valence-corrected chi connectivity index (χ3v) is 5.89. The summed E-state index contributed by atoms with van der Waals surface area (Å²) in [7, 11) is 0. The minimum absolute atomic E-state index is 0.255. The number of hydrogen-bond donors (Lipinski definition) is 1. The molecule has 0 aliphatic carbocycles. The molecule has 0 spiro atoms. The molecule has 2 heterocycles. The summed E-state index contributed by atoms with van der Waals surface area (Å²) in [5, 5.41) is 4.06. The fourth-order valence-electron chi connectivity index (χ4n) is 2.88. The van der Waals surface area contributed by atoms with Crippen molar-refractivity contribution >= 4 is 34.7 Å². The lowest BCUT2D eigenvalue weighted by atomic mass is 9.96. The molecule has 0 radical (unpaired) electrons. The number of allylic oxidation sites excluding steroid dienone is 1. The Hall–Kier alpha value is -1.40. The number of aliphatic imine (C=N–C) groups is 1. The fourth-order valence-corrected chi connectivity index (χ4v) is 4.44. The first-order valence-electron chi connectivity index (χ1n) is 8.19. The monoisotopic (exact) mass is 362 g/mol. The second-order valence-electron chi connectivity index (χ2n) is 5.79. The van der Waals surface area contributed by atoms with Crippen molar-refractivity contribution in [2.24, 2.45) is 4.99 Å². The van der Waals surface area contributed by atoms with Gasteiger partial charge in [-0.3, -0.25) is 0 Å². The van der Waals surface area contributed by atoms with Crippen LogP contribution in [0.4, 0.5) is 0 Å². The van der Waals surface area contributed by atoms with Crippen molar-refractivity contribution in [3.8, 4) is 0 Å². The summed E-state index contributed by atoms with van der Waals surface area (Å²) < 4.78 is 5.52. The van der Waals surface area contributed by atoms with Gasteiger partial charge in [0.15, 0.2) is 5.17 Å². The molecule has 1 aromatic rings. The van der Waals surface area contributed by atoms with Crippen LogP contribution in [-0.4, -0.2) is 29.8 Å². The molecule has 6 heteroatoms. The fraction of sp³-hybridized carbons (Fsp3) is 0.444. The largest absolute Gasteiger partial charge is 0.462 e. The lowest BCUT2D eigenvalue weighted by molar-refractivity contribution is -0.139. The Kier molecular flexibility index (Phi) is 5.89. The van der Waals surface area contributed by atoms with Crippen LogP contribution in [0.5, 0.6) is 0 Å². The van der Waals surface area contributed by atoms with Gasteiger partial charge in [0.2, 0.25) is 0 Å². The molecule has 2 aliphatic heterocycles. The van der Waals surface area contributed by atoms with E-state index in [1.807, 2.05) is 37.1 Å². The van der Waals surface area contributed by atoms with Gasteiger partial charge >= 0.3 is 5.97 Å². The maximum absolute atomic E-state index is 12.7. The van der Waals surface area contributed by atoms with E-state index < -0.39 is 0 Å². The smallest absolute Gasteiger partial charge is 0.338 e. The third-order valence-electron chi connectivity index (χ3n) is 4.12. The number of thioether (sulfide) groups is 2. The molecule has 1 N–H and O–H groups in total. The number of carbonyl (C=O) groups is 1. The predicted molar refractivity (Wildman–Crippen MR) is 102 cm³/mol. The van der Waals surface area contributed by atoms with E-state index in [2.05, 4.69) is 17.4 Å². The van der Waals surface area contributed by atoms with E-state index in [4.69, 9.17) is 9.73 Å². The van der Waals surface area contributed by atoms with E-state index in [0.717, 1.165) is 41.4 Å². The highest BCUT2D eigenvalue weighted by Crippen LogP contribution is 2.38. The number of nitrogens with zero attached hydrogens (tertiary/aromatic N) is 1. The van der Waals surface area contributed by atoms with Gasteiger partial charge in [-0.25, -0.2) is 9.79 Å². The van der Waals surface area contributed by atoms with E-state index in [9.17, 15) is 4.79 Å². The third kappa shape index (κ3) is 3.81. The number of benzene rings is 1. The summed E-state index contributed by atoms with van der Waals surface area (Å²) in [6.45, 7) is 2.41. The van der Waals surface area contributed by atoms with Gasteiger partial charge in [-0.1, -0.05) is 30.0 Å². The highest BCUT2D eigenvalue weighted by atomic mass is 32.2. The Labute approximate surface area is 151 Å². The summed E-state index contributed by atoms with van der Waals surface area (Å²) in [5.74, 6) is 0.821. The van der Waals surface area contributed by atoms with Gasteiger partial charge in [-0.15, -0.1) is 11.8 Å². The summed E-state index contributed by atoms with van der Waals surface area (Å²) in [6, 6.07) is 7.96. The lowest BCUT2D eigenvalue weighted by Crippen LogP contribution is -2.30. The van der Waals surface area contributed by atoms with Gasteiger partial charge in [0.25, 0.3) is 0 Å². The molecule has 0 amide bonds. The maximum atomic E-state index is 12.7. The number of ether oxygens (including phenoxy) is 1. The van der Waals surface area contributed by atoms with Crippen LogP contribution in [0.15, 0.2) is 45.4 Å². The number of hydrogen-bond acceptors (Lipinski definition) is 6. The molecule has 0 fully saturated rings. The molecule has 3 rings (SSSR count). The van der Waals surface area contributed by atoms with E-state index in [1.54, 1.807) is 11.8 Å². The second kappa shape index (κ2) is 8.12. The van der Waals surface area contributed by atoms with Crippen LogP contribution in [0.3, 0.4) is 0 Å². The first kappa shape index (κ1) is 17.4. The number of cyclic esters (lactones) is 1. The molecule has 0 saturated carbocycles. The van der Waals surface area contributed by atoms with Gasteiger partial charge < -0.3 is 10.1 Å². The molecule has 2 aliphatic rings. The summed E-state index contributed by atoms with van der Waals surface area (Å²) in [6.07, 6.45) is 5.11. The average Bonchev–Trinajstić information content (AvgIpc) is 2.59. The first-order chi connectivity index (χ1) is 11.7. The number of amidine groups is 1. The minimum Gasteiger partial charge on any atom is -0.462 e. The van der Waals surface area contributed by atoms with E-state index in [0.29, 0.717) is 12.2 Å². The van der Waals surface area contributed by atoms with Crippen molar-refractivity contribution < 1.29 is 9.53 Å². The van der Waals surface area contributed by atoms with Gasteiger partial charge in [0.1, 0.15) is 6.04 Å². The average molecular weight is 363 g/mol. The highest BCUT2D eigenvalue weighted by Gasteiger charge is 2.31. The van der Waals surface area contributed by atoms with E-state index in [1.165, 1.54) is 4.90 Å². The molecule has 0 bridgehead atoms. The molecule has 1 aromatic carbocycles. The number of esters is 1. The maximum Gasteiger partial charge on any atom is 0.338 e. The first-order valence-corrected chi connectivity index (χ1v) is 10.4. The number of rotatable bonds is 0.